The molecule has 0 aliphatic heterocycles. The van der Waals surface area contributed by atoms with Gasteiger partial charge in [-0.15, -0.1) is 0 Å². The zero-order valence-electron chi connectivity index (χ0n) is 11.4. The Bertz CT molecular complexity index is 551. The first kappa shape index (κ1) is 14.3. The monoisotopic (exact) mass is 274 g/mol. The van der Waals surface area contributed by atoms with E-state index in [9.17, 15) is 4.79 Å². The molecule has 0 bridgehead atoms. The van der Waals surface area contributed by atoms with Crippen molar-refractivity contribution < 1.29 is 14.3 Å². The Hall–Kier alpha value is -2.14. The van der Waals surface area contributed by atoms with E-state index >= 15 is 0 Å². The van der Waals surface area contributed by atoms with Crippen molar-refractivity contribution in [2.45, 2.75) is 13.3 Å². The largest absolute Gasteiger partial charge is 0.444 e. The van der Waals surface area contributed by atoms with Crippen LogP contribution in [0.25, 0.3) is 11.5 Å². The summed E-state index contributed by atoms with van der Waals surface area (Å²) in [5, 5.41) is 11.6. The molecule has 20 heavy (non-hydrogen) atoms. The van der Waals surface area contributed by atoms with Crippen LogP contribution in [0.1, 0.15) is 23.8 Å². The van der Waals surface area contributed by atoms with Gasteiger partial charge in [0, 0.05) is 18.7 Å². The Balaban J connectivity index is 1.97. The van der Waals surface area contributed by atoms with Crippen LogP contribution in [0.15, 0.2) is 41.0 Å². The molecular weight excluding hydrogens is 256 g/mol. The number of oxazole rings is 1. The van der Waals surface area contributed by atoms with Crippen molar-refractivity contribution in [3.8, 4) is 11.5 Å². The summed E-state index contributed by atoms with van der Waals surface area (Å²) in [6.45, 7) is 2.60. The van der Waals surface area contributed by atoms with Crippen LogP contribution in [0.5, 0.6) is 0 Å². The summed E-state index contributed by atoms with van der Waals surface area (Å²) in [5.41, 5.74) is 1.10. The van der Waals surface area contributed by atoms with Gasteiger partial charge in [0.2, 0.25) is 5.89 Å². The number of nitrogens with zero attached hydrogens (tertiary/aromatic N) is 1. The number of benzene rings is 1. The maximum atomic E-state index is 11.9. The number of carbonyl (C=O) groups is 1. The second kappa shape index (κ2) is 6.86. The lowest BCUT2D eigenvalue weighted by Crippen LogP contribution is -2.28. The van der Waals surface area contributed by atoms with Gasteiger partial charge in [-0.25, -0.2) is 4.98 Å². The van der Waals surface area contributed by atoms with E-state index in [-0.39, 0.29) is 24.1 Å². The number of aliphatic hydroxyl groups excluding tert-OH is 1. The highest BCUT2D eigenvalue weighted by atomic mass is 16.3. The first-order chi connectivity index (χ1) is 9.70. The number of rotatable bonds is 6. The summed E-state index contributed by atoms with van der Waals surface area (Å²) in [7, 11) is 0. The van der Waals surface area contributed by atoms with Crippen LogP contribution in [0.4, 0.5) is 0 Å². The van der Waals surface area contributed by atoms with E-state index in [1.54, 1.807) is 0 Å². The smallest absolute Gasteiger partial charge is 0.273 e. The fraction of sp³-hybridized carbons (Fsp3) is 0.333. The minimum absolute atomic E-state index is 0.124. The number of hydrogen-bond acceptors (Lipinski definition) is 4. The quantitative estimate of drug-likeness (QED) is 0.845. The van der Waals surface area contributed by atoms with Gasteiger partial charge in [-0.05, 0) is 24.5 Å². The van der Waals surface area contributed by atoms with Crippen LogP contribution in [0.3, 0.4) is 0 Å². The molecule has 0 saturated heterocycles. The van der Waals surface area contributed by atoms with Crippen LogP contribution >= 0.6 is 0 Å². The summed E-state index contributed by atoms with van der Waals surface area (Å²) < 4.78 is 5.31. The van der Waals surface area contributed by atoms with Gasteiger partial charge in [0.15, 0.2) is 5.69 Å². The van der Waals surface area contributed by atoms with Crippen molar-refractivity contribution in [1.82, 2.24) is 10.3 Å². The molecule has 1 unspecified atom stereocenters. The lowest BCUT2D eigenvalue weighted by Gasteiger charge is -2.09. The molecule has 1 heterocycles. The van der Waals surface area contributed by atoms with Crippen molar-refractivity contribution in [2.75, 3.05) is 13.2 Å². The van der Waals surface area contributed by atoms with Crippen molar-refractivity contribution in [3.63, 3.8) is 0 Å². The molecule has 1 aromatic carbocycles. The maximum absolute atomic E-state index is 11.9. The molecule has 2 N–H and O–H groups in total. The van der Waals surface area contributed by atoms with Gasteiger partial charge in [-0.3, -0.25) is 4.79 Å². The van der Waals surface area contributed by atoms with Crippen molar-refractivity contribution >= 4 is 5.91 Å². The van der Waals surface area contributed by atoms with Gasteiger partial charge in [-0.1, -0.05) is 25.1 Å². The molecule has 2 aromatic rings. The first-order valence-electron chi connectivity index (χ1n) is 6.60. The highest BCUT2D eigenvalue weighted by Crippen LogP contribution is 2.17. The highest BCUT2D eigenvalue weighted by molar-refractivity contribution is 5.92. The van der Waals surface area contributed by atoms with E-state index in [1.165, 1.54) is 6.26 Å². The number of amides is 1. The van der Waals surface area contributed by atoms with Gasteiger partial charge in [0.1, 0.15) is 6.26 Å². The van der Waals surface area contributed by atoms with Gasteiger partial charge < -0.3 is 14.8 Å². The standard InChI is InChI=1S/C15H18N2O3/c1-11(7-8-18)9-16-14(19)13-10-20-15(17-13)12-5-3-2-4-6-12/h2-6,10-11,18H,7-9H2,1H3,(H,16,19). The van der Waals surface area contributed by atoms with E-state index in [2.05, 4.69) is 10.3 Å². The number of hydrogen-bond donors (Lipinski definition) is 2. The lowest BCUT2D eigenvalue weighted by molar-refractivity contribution is 0.0940. The lowest BCUT2D eigenvalue weighted by atomic mass is 10.1. The molecule has 1 amide bonds. The van der Waals surface area contributed by atoms with Gasteiger partial charge in [0.05, 0.1) is 0 Å². The van der Waals surface area contributed by atoms with E-state index in [1.807, 2.05) is 37.3 Å². The third kappa shape index (κ3) is 3.68. The van der Waals surface area contributed by atoms with Gasteiger partial charge in [-0.2, -0.15) is 0 Å². The summed E-state index contributed by atoms with van der Waals surface area (Å²) in [4.78, 5) is 16.1. The first-order valence-corrected chi connectivity index (χ1v) is 6.60. The second-order valence-electron chi connectivity index (χ2n) is 4.73. The Morgan fingerprint density at radius 3 is 2.85 bits per heavy atom. The fourth-order valence-electron chi connectivity index (χ4n) is 1.77. The Morgan fingerprint density at radius 2 is 2.15 bits per heavy atom. The summed E-state index contributed by atoms with van der Waals surface area (Å²) in [6.07, 6.45) is 2.02. The van der Waals surface area contributed by atoms with Gasteiger partial charge in [0.25, 0.3) is 5.91 Å². The highest BCUT2D eigenvalue weighted by Gasteiger charge is 2.13. The van der Waals surface area contributed by atoms with Crippen LogP contribution in [-0.4, -0.2) is 29.1 Å². The molecule has 5 heteroatoms. The van der Waals surface area contributed by atoms with Crippen LogP contribution < -0.4 is 5.32 Å². The third-order valence-electron chi connectivity index (χ3n) is 2.99. The Labute approximate surface area is 117 Å². The van der Waals surface area contributed by atoms with Crippen LogP contribution in [0.2, 0.25) is 0 Å². The summed E-state index contributed by atoms with van der Waals surface area (Å²) in [6, 6.07) is 9.42. The predicted molar refractivity (Wildman–Crippen MR) is 75.1 cm³/mol. The van der Waals surface area contributed by atoms with Crippen LogP contribution in [0, 0.1) is 5.92 Å². The van der Waals surface area contributed by atoms with E-state index < -0.39 is 0 Å². The topological polar surface area (TPSA) is 75.4 Å². The zero-order valence-corrected chi connectivity index (χ0v) is 11.4. The van der Waals surface area contributed by atoms with E-state index in [0.717, 1.165) is 5.56 Å². The SMILES string of the molecule is CC(CCO)CNC(=O)c1coc(-c2ccccc2)n1. The predicted octanol–water partition coefficient (Wildman–Crippen LogP) is 2.09. The number of aromatic nitrogens is 1. The third-order valence-corrected chi connectivity index (χ3v) is 2.99. The zero-order chi connectivity index (χ0) is 14.4. The number of nitrogens with one attached hydrogen (secondary N) is 1. The molecule has 0 saturated carbocycles. The molecular formula is C15H18N2O3. The second-order valence-corrected chi connectivity index (χ2v) is 4.73. The van der Waals surface area contributed by atoms with E-state index in [0.29, 0.717) is 18.9 Å². The minimum atomic E-state index is -0.263. The fourth-order valence-corrected chi connectivity index (χ4v) is 1.77. The van der Waals surface area contributed by atoms with Crippen molar-refractivity contribution in [2.24, 2.45) is 5.92 Å². The normalized spacial score (nSPS) is 12.1. The minimum Gasteiger partial charge on any atom is -0.444 e. The van der Waals surface area contributed by atoms with Crippen molar-refractivity contribution in [1.29, 1.82) is 0 Å². The molecule has 2 rings (SSSR count). The Morgan fingerprint density at radius 1 is 1.40 bits per heavy atom. The molecule has 0 aliphatic rings. The molecule has 0 spiro atoms. The van der Waals surface area contributed by atoms with E-state index in [4.69, 9.17) is 9.52 Å². The average Bonchev–Trinajstić information content (AvgIpc) is 2.96. The molecule has 0 aliphatic carbocycles. The number of aliphatic hydroxyl groups is 1. The molecule has 1 atom stereocenters. The average molecular weight is 274 g/mol. The molecule has 1 aromatic heterocycles. The summed E-state index contributed by atoms with van der Waals surface area (Å²) >= 11 is 0. The molecule has 0 radical (unpaired) electrons. The molecule has 0 fully saturated rings. The molecule has 106 valence electrons. The summed E-state index contributed by atoms with van der Waals surface area (Å²) in [5.74, 6) is 0.393. The Kier molecular flexibility index (Phi) is 4.90. The number of carbonyl (C=O) groups excluding carboxylic acids is 1. The maximum Gasteiger partial charge on any atom is 0.273 e. The van der Waals surface area contributed by atoms with Crippen LogP contribution in [-0.2, 0) is 0 Å². The van der Waals surface area contributed by atoms with Crippen molar-refractivity contribution in [3.05, 3.63) is 42.3 Å². The molecule has 5 nitrogen and oxygen atoms in total. The van der Waals surface area contributed by atoms with Gasteiger partial charge >= 0.3 is 0 Å².